The van der Waals surface area contributed by atoms with Gasteiger partial charge < -0.3 is 10.1 Å². The molecule has 27 heavy (non-hydrogen) atoms. The number of anilines is 1. The average molecular weight is 353 g/mol. The van der Waals surface area contributed by atoms with Gasteiger partial charge in [-0.25, -0.2) is 0 Å². The van der Waals surface area contributed by atoms with Crippen molar-refractivity contribution >= 4 is 5.69 Å². The third-order valence-electron chi connectivity index (χ3n) is 5.75. The molecule has 0 bridgehead atoms. The van der Waals surface area contributed by atoms with Gasteiger partial charge in [-0.05, 0) is 60.7 Å². The van der Waals surface area contributed by atoms with E-state index in [0.29, 0.717) is 17.9 Å². The fraction of sp³-hybridized carbons (Fsp3) is 0.200. The lowest BCUT2D eigenvalue weighted by molar-refractivity contribution is 0.422. The van der Waals surface area contributed by atoms with Crippen LogP contribution in [0.3, 0.4) is 0 Å². The van der Waals surface area contributed by atoms with E-state index < -0.39 is 0 Å². The number of aryl methyl sites for hydroxylation is 1. The van der Waals surface area contributed by atoms with Crippen molar-refractivity contribution in [3.63, 3.8) is 0 Å². The number of fused-ring (bicyclic) bond motifs is 3. The predicted octanol–water partition coefficient (Wildman–Crippen LogP) is 6.61. The molecule has 0 aromatic heterocycles. The molecule has 0 amide bonds. The molecule has 1 heterocycles. The minimum atomic E-state index is 0.346. The van der Waals surface area contributed by atoms with Crippen LogP contribution >= 0.6 is 0 Å². The lowest BCUT2D eigenvalue weighted by atomic mass is 9.77. The number of hydrogen-bond donors (Lipinski definition) is 1. The molecule has 1 aliphatic carbocycles. The molecular weight excluding hydrogens is 330 g/mol. The Labute approximate surface area is 160 Å². The molecule has 0 fully saturated rings. The summed E-state index contributed by atoms with van der Waals surface area (Å²) in [6, 6.07) is 25.7. The minimum absolute atomic E-state index is 0.346. The average Bonchev–Trinajstić information content (AvgIpc) is 3.19. The molecule has 5 rings (SSSR count). The normalized spacial score (nSPS) is 22.6. The van der Waals surface area contributed by atoms with E-state index in [1.807, 2.05) is 30.3 Å². The van der Waals surface area contributed by atoms with E-state index in [-0.39, 0.29) is 0 Å². The quantitative estimate of drug-likeness (QED) is 0.535. The first-order chi connectivity index (χ1) is 13.3. The topological polar surface area (TPSA) is 21.3 Å². The predicted molar refractivity (Wildman–Crippen MR) is 110 cm³/mol. The summed E-state index contributed by atoms with van der Waals surface area (Å²) in [5.41, 5.74) is 5.23. The summed E-state index contributed by atoms with van der Waals surface area (Å²) in [5, 5.41) is 3.80. The summed E-state index contributed by atoms with van der Waals surface area (Å²) in [4.78, 5) is 0. The van der Waals surface area contributed by atoms with Crippen LogP contribution in [-0.4, -0.2) is 0 Å². The zero-order valence-corrected chi connectivity index (χ0v) is 15.4. The number of nitrogens with one attached hydrogen (secondary N) is 1. The van der Waals surface area contributed by atoms with Crippen molar-refractivity contribution in [2.75, 3.05) is 5.32 Å². The number of hydrogen-bond acceptors (Lipinski definition) is 2. The molecule has 3 aromatic carbocycles. The molecule has 2 aliphatic rings. The SMILES string of the molecule is Cc1ccc(C2Nc3ccc(Oc4ccccc4)cc3C3C=CCC32)cc1. The van der Waals surface area contributed by atoms with Gasteiger partial charge >= 0.3 is 0 Å². The largest absolute Gasteiger partial charge is 0.457 e. The summed E-state index contributed by atoms with van der Waals surface area (Å²) in [6.45, 7) is 2.14. The maximum absolute atomic E-state index is 6.07. The first-order valence-electron chi connectivity index (χ1n) is 9.64. The van der Waals surface area contributed by atoms with Crippen LogP contribution in [0.1, 0.15) is 35.1 Å². The highest BCUT2D eigenvalue weighted by molar-refractivity contribution is 5.62. The highest BCUT2D eigenvalue weighted by Crippen LogP contribution is 2.50. The smallest absolute Gasteiger partial charge is 0.127 e. The Morgan fingerprint density at radius 1 is 0.889 bits per heavy atom. The van der Waals surface area contributed by atoms with Crippen LogP contribution in [0.4, 0.5) is 5.69 Å². The summed E-state index contributed by atoms with van der Waals surface area (Å²) < 4.78 is 6.07. The third-order valence-corrected chi connectivity index (χ3v) is 5.75. The van der Waals surface area contributed by atoms with Gasteiger partial charge in [-0.3, -0.25) is 0 Å². The Morgan fingerprint density at radius 2 is 1.70 bits per heavy atom. The highest BCUT2D eigenvalue weighted by Gasteiger charge is 2.37. The molecule has 0 saturated heterocycles. The van der Waals surface area contributed by atoms with Crippen LogP contribution in [0.2, 0.25) is 0 Å². The van der Waals surface area contributed by atoms with Crippen LogP contribution in [0.25, 0.3) is 0 Å². The standard InChI is InChI=1S/C25H23NO/c1-17-10-12-18(13-11-17)25-22-9-5-8-21(22)23-16-20(14-15-24(23)26-25)27-19-6-3-2-4-7-19/h2-8,10-16,21-22,25-26H,9H2,1H3. The Balaban J connectivity index is 1.48. The molecule has 0 radical (unpaired) electrons. The number of para-hydroxylation sites is 1. The van der Waals surface area contributed by atoms with Crippen LogP contribution in [0, 0.1) is 12.8 Å². The fourth-order valence-electron chi connectivity index (χ4n) is 4.36. The van der Waals surface area contributed by atoms with Gasteiger partial charge in [-0.15, -0.1) is 0 Å². The summed E-state index contributed by atoms with van der Waals surface area (Å²) in [5.74, 6) is 2.76. The Kier molecular flexibility index (Phi) is 3.97. The third kappa shape index (κ3) is 3.02. The van der Waals surface area contributed by atoms with Crippen molar-refractivity contribution < 1.29 is 4.74 Å². The van der Waals surface area contributed by atoms with Crippen molar-refractivity contribution in [1.29, 1.82) is 0 Å². The van der Waals surface area contributed by atoms with Crippen molar-refractivity contribution in [3.8, 4) is 11.5 Å². The van der Waals surface area contributed by atoms with Gasteiger partial charge in [-0.1, -0.05) is 60.2 Å². The lowest BCUT2D eigenvalue weighted by Gasteiger charge is -2.37. The van der Waals surface area contributed by atoms with E-state index in [9.17, 15) is 0 Å². The van der Waals surface area contributed by atoms with Gasteiger partial charge in [0.2, 0.25) is 0 Å². The molecule has 1 N–H and O–H groups in total. The second kappa shape index (κ2) is 6.62. The first-order valence-corrected chi connectivity index (χ1v) is 9.64. The molecule has 0 saturated carbocycles. The van der Waals surface area contributed by atoms with Crippen LogP contribution in [0.15, 0.2) is 84.9 Å². The maximum Gasteiger partial charge on any atom is 0.127 e. The molecule has 1 aliphatic heterocycles. The molecule has 2 heteroatoms. The molecule has 2 nitrogen and oxygen atoms in total. The van der Waals surface area contributed by atoms with Gasteiger partial charge in [0.15, 0.2) is 0 Å². The zero-order chi connectivity index (χ0) is 18.2. The zero-order valence-electron chi connectivity index (χ0n) is 15.4. The van der Waals surface area contributed by atoms with E-state index in [0.717, 1.165) is 17.9 Å². The van der Waals surface area contributed by atoms with Crippen molar-refractivity contribution in [2.24, 2.45) is 5.92 Å². The van der Waals surface area contributed by atoms with Crippen molar-refractivity contribution in [1.82, 2.24) is 0 Å². The Morgan fingerprint density at radius 3 is 2.52 bits per heavy atom. The van der Waals surface area contributed by atoms with Gasteiger partial charge in [0.25, 0.3) is 0 Å². The second-order valence-corrected chi connectivity index (χ2v) is 7.55. The van der Waals surface area contributed by atoms with Crippen LogP contribution < -0.4 is 10.1 Å². The van der Waals surface area contributed by atoms with Crippen LogP contribution in [0.5, 0.6) is 11.5 Å². The maximum atomic E-state index is 6.07. The Bertz CT molecular complexity index is 975. The molecule has 3 aromatic rings. The number of rotatable bonds is 3. The van der Waals surface area contributed by atoms with E-state index in [1.54, 1.807) is 0 Å². The fourth-order valence-corrected chi connectivity index (χ4v) is 4.36. The Hall–Kier alpha value is -3.00. The van der Waals surface area contributed by atoms with E-state index in [1.165, 1.54) is 22.4 Å². The van der Waals surface area contributed by atoms with Gasteiger partial charge in [0, 0.05) is 11.6 Å². The van der Waals surface area contributed by atoms with Crippen molar-refractivity contribution in [3.05, 3.63) is 102 Å². The minimum Gasteiger partial charge on any atom is -0.457 e. The van der Waals surface area contributed by atoms with Crippen LogP contribution in [-0.2, 0) is 0 Å². The van der Waals surface area contributed by atoms with Gasteiger partial charge in [0.05, 0.1) is 6.04 Å². The van der Waals surface area contributed by atoms with Gasteiger partial charge in [0.1, 0.15) is 11.5 Å². The van der Waals surface area contributed by atoms with E-state index >= 15 is 0 Å². The summed E-state index contributed by atoms with van der Waals surface area (Å²) in [7, 11) is 0. The summed E-state index contributed by atoms with van der Waals surface area (Å²) in [6.07, 6.45) is 5.81. The number of benzene rings is 3. The molecule has 3 atom stereocenters. The molecule has 134 valence electrons. The lowest BCUT2D eigenvalue weighted by Crippen LogP contribution is -2.29. The first kappa shape index (κ1) is 16.2. The number of ether oxygens (including phenoxy) is 1. The van der Waals surface area contributed by atoms with Crippen molar-refractivity contribution in [2.45, 2.75) is 25.3 Å². The molecule has 3 unspecified atom stereocenters. The highest BCUT2D eigenvalue weighted by atomic mass is 16.5. The monoisotopic (exact) mass is 353 g/mol. The molecule has 0 spiro atoms. The van der Waals surface area contributed by atoms with E-state index in [2.05, 4.69) is 66.9 Å². The van der Waals surface area contributed by atoms with E-state index in [4.69, 9.17) is 4.74 Å². The second-order valence-electron chi connectivity index (χ2n) is 7.55. The molecular formula is C25H23NO. The summed E-state index contributed by atoms with van der Waals surface area (Å²) >= 11 is 0. The van der Waals surface area contributed by atoms with Gasteiger partial charge in [-0.2, -0.15) is 0 Å². The number of allylic oxidation sites excluding steroid dienone is 2.